The van der Waals surface area contributed by atoms with Crippen LogP contribution in [-0.2, 0) is 24.3 Å². The second-order valence-corrected chi connectivity index (χ2v) is 10.3. The molecule has 0 aliphatic rings. The number of hydrogen-bond acceptors (Lipinski definition) is 5. The van der Waals surface area contributed by atoms with E-state index in [4.69, 9.17) is 26.1 Å². The maximum Gasteiger partial charge on any atom is 0.338 e. The molecular formula is C34H33ClN2O4. The summed E-state index contributed by atoms with van der Waals surface area (Å²) in [6, 6.07) is 29.0. The highest BCUT2D eigenvalue weighted by atomic mass is 35.5. The normalized spacial score (nSPS) is 11.9. The Labute approximate surface area is 245 Å². The van der Waals surface area contributed by atoms with Crippen LogP contribution in [0.2, 0.25) is 5.02 Å². The molecule has 7 heteroatoms. The van der Waals surface area contributed by atoms with E-state index < -0.39 is 12.1 Å². The molecule has 6 nitrogen and oxygen atoms in total. The Bertz CT molecular complexity index is 1630. The summed E-state index contributed by atoms with van der Waals surface area (Å²) in [6.07, 6.45) is 2.42. The number of methoxy groups -OCH3 is 1. The predicted molar refractivity (Wildman–Crippen MR) is 162 cm³/mol. The summed E-state index contributed by atoms with van der Waals surface area (Å²) in [5.74, 6) is 1.25. The zero-order chi connectivity index (χ0) is 28.8. The number of benzene rings is 4. The van der Waals surface area contributed by atoms with Crippen molar-refractivity contribution in [1.29, 1.82) is 0 Å². The highest BCUT2D eigenvalue weighted by Crippen LogP contribution is 2.32. The van der Waals surface area contributed by atoms with Crippen molar-refractivity contribution in [1.82, 2.24) is 9.55 Å². The third-order valence-corrected chi connectivity index (χ3v) is 7.58. The van der Waals surface area contributed by atoms with E-state index in [1.165, 1.54) is 7.11 Å². The zero-order valence-corrected chi connectivity index (χ0v) is 24.0. The van der Waals surface area contributed by atoms with Crippen LogP contribution >= 0.6 is 11.6 Å². The lowest BCUT2D eigenvalue weighted by molar-refractivity contribution is 0.0596. The number of aliphatic hydroxyl groups is 1. The van der Waals surface area contributed by atoms with Crippen molar-refractivity contribution in [2.75, 3.05) is 7.11 Å². The van der Waals surface area contributed by atoms with Gasteiger partial charge < -0.3 is 19.1 Å². The number of fused-ring (bicyclic) bond motifs is 1. The van der Waals surface area contributed by atoms with Crippen molar-refractivity contribution in [3.05, 3.63) is 130 Å². The van der Waals surface area contributed by atoms with Gasteiger partial charge >= 0.3 is 5.97 Å². The molecule has 1 atom stereocenters. The lowest BCUT2D eigenvalue weighted by atomic mass is 9.96. The van der Waals surface area contributed by atoms with Crippen LogP contribution in [-0.4, -0.2) is 27.7 Å². The first kappa shape index (κ1) is 28.4. The Morgan fingerprint density at radius 2 is 1.71 bits per heavy atom. The molecule has 1 heterocycles. The monoisotopic (exact) mass is 568 g/mol. The quantitative estimate of drug-likeness (QED) is 0.167. The van der Waals surface area contributed by atoms with Crippen molar-refractivity contribution in [2.24, 2.45) is 0 Å². The minimum atomic E-state index is -0.503. The van der Waals surface area contributed by atoms with Crippen molar-refractivity contribution >= 4 is 28.6 Å². The number of nitrogens with zero attached hydrogens (tertiary/aromatic N) is 2. The average molecular weight is 569 g/mol. The molecule has 1 unspecified atom stereocenters. The summed E-state index contributed by atoms with van der Waals surface area (Å²) < 4.78 is 13.8. The topological polar surface area (TPSA) is 73.6 Å². The van der Waals surface area contributed by atoms with Gasteiger partial charge in [0, 0.05) is 29.1 Å². The third-order valence-electron chi connectivity index (χ3n) is 7.23. The van der Waals surface area contributed by atoms with Crippen molar-refractivity contribution in [3.63, 3.8) is 0 Å². The van der Waals surface area contributed by atoms with Gasteiger partial charge in [-0.3, -0.25) is 0 Å². The number of aliphatic hydroxyl groups excluding tert-OH is 1. The van der Waals surface area contributed by atoms with Gasteiger partial charge in [0.2, 0.25) is 0 Å². The summed E-state index contributed by atoms with van der Waals surface area (Å²) in [7, 11) is 1.38. The average Bonchev–Trinajstić information content (AvgIpc) is 3.36. The first-order valence-corrected chi connectivity index (χ1v) is 14.2. The minimum Gasteiger partial charge on any atom is -0.481 e. The first-order chi connectivity index (χ1) is 20.0. The number of carbonyl (C=O) groups excluding carboxylic acids is 1. The number of halogens is 1. The summed E-state index contributed by atoms with van der Waals surface area (Å²) in [4.78, 5) is 17.4. The molecule has 5 rings (SSSR count). The van der Waals surface area contributed by atoms with E-state index in [1.54, 1.807) is 6.07 Å². The molecule has 1 aromatic heterocycles. The Morgan fingerprint density at radius 1 is 0.976 bits per heavy atom. The molecule has 41 heavy (non-hydrogen) atoms. The molecule has 0 spiro atoms. The fourth-order valence-electron chi connectivity index (χ4n) is 5.08. The van der Waals surface area contributed by atoms with Crippen LogP contribution in [0.5, 0.6) is 5.75 Å². The van der Waals surface area contributed by atoms with E-state index in [0.717, 1.165) is 52.8 Å². The summed E-state index contributed by atoms with van der Waals surface area (Å²) in [5.41, 5.74) is 5.57. The van der Waals surface area contributed by atoms with E-state index in [0.29, 0.717) is 28.4 Å². The van der Waals surface area contributed by atoms with Gasteiger partial charge in [0.15, 0.2) is 0 Å². The fourth-order valence-corrected chi connectivity index (χ4v) is 5.29. The minimum absolute atomic E-state index is 0.159. The van der Waals surface area contributed by atoms with E-state index in [-0.39, 0.29) is 6.61 Å². The molecule has 4 aromatic carbocycles. The molecular weight excluding hydrogens is 536 g/mol. The maximum absolute atomic E-state index is 12.6. The van der Waals surface area contributed by atoms with Gasteiger partial charge in [0.1, 0.15) is 17.7 Å². The second kappa shape index (κ2) is 13.0. The van der Waals surface area contributed by atoms with Crippen LogP contribution in [0.4, 0.5) is 0 Å². The number of ether oxygens (including phenoxy) is 2. The number of carbonyl (C=O) groups is 1. The number of rotatable bonds is 11. The number of unbranched alkanes of at least 4 members (excludes halogenated alkanes) is 1. The molecule has 0 amide bonds. The van der Waals surface area contributed by atoms with Crippen LogP contribution in [0, 0.1) is 0 Å². The molecule has 0 aliphatic carbocycles. The Kier molecular flexibility index (Phi) is 9.02. The number of esters is 1. The van der Waals surface area contributed by atoms with E-state index in [2.05, 4.69) is 11.5 Å². The largest absolute Gasteiger partial charge is 0.481 e. The molecule has 0 saturated carbocycles. The highest BCUT2D eigenvalue weighted by molar-refractivity contribution is 6.32. The van der Waals surface area contributed by atoms with Gasteiger partial charge in [-0.15, -0.1) is 0 Å². The van der Waals surface area contributed by atoms with Gasteiger partial charge in [0.05, 0.1) is 30.3 Å². The SMILES string of the molecule is CCCCc1nc2c(CO)c(Cl)ccc2n1Cc1ccc(OC(c2ccccc2)c2ccccc2C(=O)OC)cc1. The smallest absolute Gasteiger partial charge is 0.338 e. The summed E-state index contributed by atoms with van der Waals surface area (Å²) >= 11 is 6.36. The second-order valence-electron chi connectivity index (χ2n) is 9.90. The molecule has 0 bridgehead atoms. The highest BCUT2D eigenvalue weighted by Gasteiger charge is 2.23. The van der Waals surface area contributed by atoms with Crippen LogP contribution < -0.4 is 4.74 Å². The van der Waals surface area contributed by atoms with Gasteiger partial charge in [-0.1, -0.05) is 85.6 Å². The lowest BCUT2D eigenvalue weighted by Gasteiger charge is -2.22. The van der Waals surface area contributed by atoms with Crippen LogP contribution in [0.1, 0.15) is 64.3 Å². The molecule has 210 valence electrons. The van der Waals surface area contributed by atoms with E-state index in [1.807, 2.05) is 84.9 Å². The molecule has 1 N–H and O–H groups in total. The lowest BCUT2D eigenvalue weighted by Crippen LogP contribution is -2.15. The molecule has 0 fully saturated rings. The van der Waals surface area contributed by atoms with Crippen LogP contribution in [0.3, 0.4) is 0 Å². The van der Waals surface area contributed by atoms with Crippen molar-refractivity contribution in [2.45, 2.75) is 45.4 Å². The van der Waals surface area contributed by atoms with Gasteiger partial charge in [-0.05, 0) is 47.9 Å². The van der Waals surface area contributed by atoms with Crippen molar-refractivity contribution in [3.8, 4) is 5.75 Å². The van der Waals surface area contributed by atoms with Gasteiger partial charge in [0.25, 0.3) is 0 Å². The summed E-state index contributed by atoms with van der Waals surface area (Å²) in [6.45, 7) is 2.62. The van der Waals surface area contributed by atoms with Crippen LogP contribution in [0.25, 0.3) is 11.0 Å². The Balaban J connectivity index is 1.46. The van der Waals surface area contributed by atoms with Gasteiger partial charge in [-0.2, -0.15) is 0 Å². The number of imidazole rings is 1. The molecule has 0 aliphatic heterocycles. The maximum atomic E-state index is 12.6. The number of hydrogen-bond donors (Lipinski definition) is 1. The molecule has 5 aromatic rings. The van der Waals surface area contributed by atoms with Gasteiger partial charge in [-0.25, -0.2) is 9.78 Å². The Hall–Kier alpha value is -4.13. The summed E-state index contributed by atoms with van der Waals surface area (Å²) in [5, 5.41) is 10.5. The third kappa shape index (κ3) is 6.14. The standard InChI is InChI=1S/C34H33ClN2O4/c1-3-4-14-31-36-32-28(22-38)29(35)19-20-30(32)37(31)21-23-15-17-25(18-16-23)41-33(24-10-6-5-7-11-24)26-12-8-9-13-27(26)34(39)40-2/h5-13,15-20,33,38H,3-4,14,21-22H2,1-2H3. The van der Waals surface area contributed by atoms with E-state index >= 15 is 0 Å². The molecule has 0 saturated heterocycles. The first-order valence-electron chi connectivity index (χ1n) is 13.8. The van der Waals surface area contributed by atoms with E-state index in [9.17, 15) is 9.90 Å². The predicted octanol–water partition coefficient (Wildman–Crippen LogP) is 7.53. The Morgan fingerprint density at radius 3 is 2.41 bits per heavy atom. The van der Waals surface area contributed by atoms with Crippen molar-refractivity contribution < 1.29 is 19.4 Å². The molecule has 0 radical (unpaired) electrons. The zero-order valence-electron chi connectivity index (χ0n) is 23.2. The number of aryl methyl sites for hydroxylation is 1. The van der Waals surface area contributed by atoms with Crippen LogP contribution in [0.15, 0.2) is 91.0 Å². The fraction of sp³-hybridized carbons (Fsp3) is 0.235. The number of aromatic nitrogens is 2.